The van der Waals surface area contributed by atoms with Crippen LogP contribution in [0.1, 0.15) is 41.6 Å². The van der Waals surface area contributed by atoms with E-state index < -0.39 is 0 Å². The smallest absolute Gasteiger partial charge is 0.234 e. The quantitative estimate of drug-likeness (QED) is 0.516. The molecule has 1 atom stereocenters. The van der Waals surface area contributed by atoms with Gasteiger partial charge in [-0.1, -0.05) is 6.07 Å². The van der Waals surface area contributed by atoms with Crippen LogP contribution in [0.3, 0.4) is 0 Å². The summed E-state index contributed by atoms with van der Waals surface area (Å²) in [6.45, 7) is 1.19. The van der Waals surface area contributed by atoms with Gasteiger partial charge < -0.3 is 20.1 Å². The molecule has 0 radical (unpaired) electrons. The number of anilines is 1. The van der Waals surface area contributed by atoms with Crippen molar-refractivity contribution in [1.29, 1.82) is 0 Å². The van der Waals surface area contributed by atoms with E-state index >= 15 is 0 Å². The Bertz CT molecular complexity index is 1330. The molecule has 2 N–H and O–H groups in total. The maximum atomic E-state index is 13.7. The topological polar surface area (TPSA) is 89.5 Å². The first-order chi connectivity index (χ1) is 17.6. The molecular formula is C28H29N3O4S. The fourth-order valence-corrected chi connectivity index (χ4v) is 6.45. The number of ketones is 1. The van der Waals surface area contributed by atoms with Crippen molar-refractivity contribution in [2.24, 2.45) is 11.8 Å². The number of amides is 1. The molecule has 1 fully saturated rings. The zero-order chi connectivity index (χ0) is 24.6. The summed E-state index contributed by atoms with van der Waals surface area (Å²) in [5.74, 6) is 2.18. The lowest BCUT2D eigenvalue weighted by Crippen LogP contribution is -2.39. The second kappa shape index (κ2) is 9.75. The molecule has 1 aromatic heterocycles. The first-order valence-corrected chi connectivity index (χ1v) is 13.5. The number of ether oxygens (including phenoxy) is 2. The lowest BCUT2D eigenvalue weighted by molar-refractivity contribution is -0.113. The highest BCUT2D eigenvalue weighted by molar-refractivity contribution is 8.00. The number of hydrogen-bond acceptors (Lipinski definition) is 7. The van der Waals surface area contributed by atoms with Crippen LogP contribution in [0.4, 0.5) is 5.69 Å². The van der Waals surface area contributed by atoms with Crippen molar-refractivity contribution in [3.8, 4) is 11.5 Å². The van der Waals surface area contributed by atoms with Gasteiger partial charge in [0, 0.05) is 22.9 Å². The number of carbonyl (C=O) groups is 2. The Hall–Kier alpha value is -3.10. The van der Waals surface area contributed by atoms with Gasteiger partial charge in [0.1, 0.15) is 11.5 Å². The fourth-order valence-electron chi connectivity index (χ4n) is 5.66. The van der Waals surface area contributed by atoms with Crippen molar-refractivity contribution < 1.29 is 19.1 Å². The van der Waals surface area contributed by atoms with Crippen molar-refractivity contribution in [3.63, 3.8) is 0 Å². The molecule has 1 aliphatic carbocycles. The van der Waals surface area contributed by atoms with Crippen molar-refractivity contribution >= 4 is 40.0 Å². The number of methoxy groups -OCH3 is 1. The standard InChI is InChI=1S/C28H29N3O4S/c1-34-19-7-8-22-20(11-19)27-24(13-30-22)35-14-21(28(27)33)17-3-5-18(6-4-17)29-12-16-2-9-25-23(10-16)31-26(32)15-36-25/h2,7-11,13,17-18,21,29H,3-6,12,14-15H2,1H3,(H,31,32). The van der Waals surface area contributed by atoms with Crippen LogP contribution in [-0.4, -0.2) is 42.2 Å². The lowest BCUT2D eigenvalue weighted by atomic mass is 9.74. The molecule has 1 saturated carbocycles. The van der Waals surface area contributed by atoms with Gasteiger partial charge in [0.05, 0.1) is 48.4 Å². The average molecular weight is 504 g/mol. The number of benzene rings is 2. The average Bonchev–Trinajstić information content (AvgIpc) is 2.91. The predicted molar refractivity (Wildman–Crippen MR) is 140 cm³/mol. The molecule has 0 bridgehead atoms. The number of aromatic nitrogens is 1. The van der Waals surface area contributed by atoms with E-state index in [1.165, 1.54) is 5.56 Å². The number of fused-ring (bicyclic) bond motifs is 4. The molecule has 6 rings (SSSR count). The number of rotatable bonds is 5. The van der Waals surface area contributed by atoms with Crippen molar-refractivity contribution in [2.45, 2.75) is 43.2 Å². The molecular weight excluding hydrogens is 474 g/mol. The summed E-state index contributed by atoms with van der Waals surface area (Å²) in [6, 6.07) is 12.3. The van der Waals surface area contributed by atoms with Crippen LogP contribution in [0.25, 0.3) is 10.9 Å². The number of carbonyl (C=O) groups excluding carboxylic acids is 2. The third kappa shape index (κ3) is 4.44. The number of hydrogen-bond donors (Lipinski definition) is 2. The molecule has 7 nitrogen and oxygen atoms in total. The molecule has 3 aliphatic rings. The van der Waals surface area contributed by atoms with Crippen molar-refractivity contribution in [2.75, 3.05) is 24.8 Å². The summed E-state index contributed by atoms with van der Waals surface area (Å²) in [6.07, 6.45) is 5.73. The van der Waals surface area contributed by atoms with Crippen LogP contribution in [0.2, 0.25) is 0 Å². The number of nitrogens with zero attached hydrogens (tertiary/aromatic N) is 1. The van der Waals surface area contributed by atoms with Gasteiger partial charge in [-0.25, -0.2) is 0 Å². The number of pyridine rings is 1. The Kier molecular flexibility index (Phi) is 6.31. The summed E-state index contributed by atoms with van der Waals surface area (Å²) >= 11 is 1.58. The maximum absolute atomic E-state index is 13.7. The lowest BCUT2D eigenvalue weighted by Gasteiger charge is -2.36. The zero-order valence-corrected chi connectivity index (χ0v) is 21.0. The van der Waals surface area contributed by atoms with Gasteiger partial charge in [0.25, 0.3) is 0 Å². The fraction of sp³-hybridized carbons (Fsp3) is 0.393. The zero-order valence-electron chi connectivity index (χ0n) is 20.2. The molecule has 0 spiro atoms. The van der Waals surface area contributed by atoms with E-state index in [-0.39, 0.29) is 17.6 Å². The molecule has 1 unspecified atom stereocenters. The molecule has 2 aromatic carbocycles. The second-order valence-corrected chi connectivity index (χ2v) is 10.8. The van der Waals surface area contributed by atoms with Gasteiger partial charge in [-0.05, 0) is 67.5 Å². The van der Waals surface area contributed by atoms with Gasteiger partial charge in [0.2, 0.25) is 5.91 Å². The third-order valence-corrected chi connectivity index (χ3v) is 8.73. The molecule has 36 heavy (non-hydrogen) atoms. The number of Topliss-reactive ketones (excluding diaryl/α,β-unsaturated/α-hetero) is 1. The summed E-state index contributed by atoms with van der Waals surface area (Å²) in [7, 11) is 1.63. The van der Waals surface area contributed by atoms with E-state index in [4.69, 9.17) is 9.47 Å². The first kappa shape index (κ1) is 23.3. The van der Waals surface area contributed by atoms with Gasteiger partial charge in [-0.15, -0.1) is 11.8 Å². The third-order valence-electron chi connectivity index (χ3n) is 7.65. The molecule has 2 aliphatic heterocycles. The van der Waals surface area contributed by atoms with Gasteiger partial charge >= 0.3 is 0 Å². The minimum atomic E-state index is -0.128. The highest BCUT2D eigenvalue weighted by Crippen LogP contribution is 2.40. The van der Waals surface area contributed by atoms with Gasteiger partial charge in [-0.3, -0.25) is 14.6 Å². The molecule has 0 saturated heterocycles. The van der Waals surface area contributed by atoms with Gasteiger partial charge in [-0.2, -0.15) is 0 Å². The van der Waals surface area contributed by atoms with Crippen molar-refractivity contribution in [3.05, 3.63) is 53.7 Å². The monoisotopic (exact) mass is 503 g/mol. The Morgan fingerprint density at radius 1 is 1.14 bits per heavy atom. The Balaban J connectivity index is 1.09. The van der Waals surface area contributed by atoms with E-state index in [9.17, 15) is 9.59 Å². The highest BCUT2D eigenvalue weighted by atomic mass is 32.2. The van der Waals surface area contributed by atoms with E-state index in [0.717, 1.165) is 53.7 Å². The van der Waals surface area contributed by atoms with E-state index in [2.05, 4.69) is 33.8 Å². The maximum Gasteiger partial charge on any atom is 0.234 e. The highest BCUT2D eigenvalue weighted by Gasteiger charge is 2.38. The van der Waals surface area contributed by atoms with Crippen LogP contribution in [0.15, 0.2) is 47.5 Å². The summed E-state index contributed by atoms with van der Waals surface area (Å²) < 4.78 is 11.4. The Morgan fingerprint density at radius 3 is 2.83 bits per heavy atom. The second-order valence-electron chi connectivity index (χ2n) is 9.82. The van der Waals surface area contributed by atoms with E-state index in [1.54, 1.807) is 25.1 Å². The van der Waals surface area contributed by atoms with Gasteiger partial charge in [0.15, 0.2) is 5.78 Å². The summed E-state index contributed by atoms with van der Waals surface area (Å²) in [5, 5.41) is 7.45. The molecule has 3 heterocycles. The Morgan fingerprint density at radius 2 is 2.00 bits per heavy atom. The normalized spacial score (nSPS) is 23.4. The molecule has 186 valence electrons. The molecule has 8 heteroatoms. The van der Waals surface area contributed by atoms with Crippen LogP contribution in [-0.2, 0) is 11.3 Å². The predicted octanol–water partition coefficient (Wildman–Crippen LogP) is 4.83. The van der Waals surface area contributed by atoms with E-state index in [1.807, 2.05) is 18.2 Å². The van der Waals surface area contributed by atoms with Crippen LogP contribution in [0.5, 0.6) is 11.5 Å². The minimum Gasteiger partial charge on any atom is -0.497 e. The SMILES string of the molecule is COc1ccc2ncc3c(c2c1)C(=O)C(C1CCC(NCc2ccc4c(c2)NC(=O)CS4)CC1)CO3. The number of thioether (sulfide) groups is 1. The summed E-state index contributed by atoms with van der Waals surface area (Å²) in [4.78, 5) is 31.0. The van der Waals surface area contributed by atoms with E-state index in [0.29, 0.717) is 41.4 Å². The van der Waals surface area contributed by atoms with Crippen LogP contribution in [0, 0.1) is 11.8 Å². The largest absolute Gasteiger partial charge is 0.497 e. The van der Waals surface area contributed by atoms with Crippen molar-refractivity contribution in [1.82, 2.24) is 10.3 Å². The first-order valence-electron chi connectivity index (χ1n) is 12.5. The molecule has 3 aromatic rings. The van der Waals surface area contributed by atoms with Crippen LogP contribution >= 0.6 is 11.8 Å². The Labute approximate surface area is 214 Å². The number of nitrogens with one attached hydrogen (secondary N) is 2. The molecule has 1 amide bonds. The summed E-state index contributed by atoms with van der Waals surface area (Å²) in [5.41, 5.74) is 3.51. The minimum absolute atomic E-state index is 0.0585. The van der Waals surface area contributed by atoms with Crippen LogP contribution < -0.4 is 20.1 Å².